The van der Waals surface area contributed by atoms with Crippen LogP contribution in [0.2, 0.25) is 0 Å². The summed E-state index contributed by atoms with van der Waals surface area (Å²) in [7, 11) is 0. The zero-order valence-electron chi connectivity index (χ0n) is 6.14. The number of aliphatic hydroxyl groups is 4. The van der Waals surface area contributed by atoms with E-state index in [1.54, 1.807) is 0 Å². The van der Waals surface area contributed by atoms with Crippen LogP contribution in [0, 0.1) is 0 Å². The van der Waals surface area contributed by atoms with Gasteiger partial charge in [0.2, 0.25) is 0 Å². The fourth-order valence-corrected chi connectivity index (χ4v) is 0.965. The predicted molar refractivity (Wildman–Crippen MR) is 34.6 cm³/mol. The Morgan fingerprint density at radius 3 is 2.36 bits per heavy atom. The minimum atomic E-state index is -1.77. The average Bonchev–Trinajstić information content (AvgIpc) is 1.95. The second-order valence-corrected chi connectivity index (χ2v) is 2.87. The lowest BCUT2D eigenvalue weighted by molar-refractivity contribution is -0.312. The van der Waals surface area contributed by atoms with Crippen molar-refractivity contribution in [2.75, 3.05) is 6.61 Å². The first-order valence-electron chi connectivity index (χ1n) is 3.35. The molecule has 4 atom stereocenters. The number of hydrogen-bond acceptors (Lipinski definition) is 5. The molecule has 0 bridgehead atoms. The minimum Gasteiger partial charge on any atom is -0.388 e. The Morgan fingerprint density at radius 2 is 1.91 bits per heavy atom. The summed E-state index contributed by atoms with van der Waals surface area (Å²) in [6.45, 7) is 1.05. The first-order chi connectivity index (χ1) is 4.95. The van der Waals surface area contributed by atoms with Gasteiger partial charge in [-0.1, -0.05) is 0 Å². The van der Waals surface area contributed by atoms with E-state index in [0.717, 1.165) is 0 Å². The summed E-state index contributed by atoms with van der Waals surface area (Å²) in [5.41, 5.74) is 0. The molecule has 1 rings (SSSR count). The van der Waals surface area contributed by atoms with Crippen molar-refractivity contribution in [1.29, 1.82) is 0 Å². The Kier molecular flexibility index (Phi) is 2.17. The van der Waals surface area contributed by atoms with Crippen LogP contribution in [-0.2, 0) is 4.74 Å². The van der Waals surface area contributed by atoms with Crippen LogP contribution in [0.1, 0.15) is 6.92 Å². The molecule has 1 aliphatic heterocycles. The second kappa shape index (κ2) is 2.69. The van der Waals surface area contributed by atoms with Gasteiger partial charge in [-0.3, -0.25) is 0 Å². The van der Waals surface area contributed by atoms with Gasteiger partial charge in [0.05, 0.1) is 6.61 Å². The topological polar surface area (TPSA) is 90.2 Å². The van der Waals surface area contributed by atoms with E-state index < -0.39 is 24.1 Å². The van der Waals surface area contributed by atoms with Crippen molar-refractivity contribution >= 4 is 0 Å². The van der Waals surface area contributed by atoms with Crippen LogP contribution in [0.5, 0.6) is 0 Å². The molecule has 11 heavy (non-hydrogen) atoms. The molecule has 66 valence electrons. The highest BCUT2D eigenvalue weighted by atomic mass is 16.6. The van der Waals surface area contributed by atoms with Gasteiger partial charge >= 0.3 is 0 Å². The van der Waals surface area contributed by atoms with E-state index in [4.69, 9.17) is 15.3 Å². The molecule has 1 aliphatic rings. The van der Waals surface area contributed by atoms with Gasteiger partial charge in [-0.25, -0.2) is 0 Å². The molecule has 0 spiro atoms. The van der Waals surface area contributed by atoms with Crippen molar-refractivity contribution in [2.45, 2.75) is 31.0 Å². The van der Waals surface area contributed by atoms with E-state index in [-0.39, 0.29) is 6.61 Å². The van der Waals surface area contributed by atoms with E-state index in [1.165, 1.54) is 6.92 Å². The average molecular weight is 164 g/mol. The lowest BCUT2D eigenvalue weighted by Crippen LogP contribution is -2.59. The summed E-state index contributed by atoms with van der Waals surface area (Å²) in [6, 6.07) is 0. The molecule has 1 saturated heterocycles. The lowest BCUT2D eigenvalue weighted by atomic mass is 9.98. The van der Waals surface area contributed by atoms with Gasteiger partial charge in [0.1, 0.15) is 18.3 Å². The first kappa shape index (κ1) is 8.89. The maximum atomic E-state index is 9.19. The molecule has 5 nitrogen and oxygen atoms in total. The van der Waals surface area contributed by atoms with E-state index >= 15 is 0 Å². The van der Waals surface area contributed by atoms with Crippen LogP contribution in [0.4, 0.5) is 0 Å². The van der Waals surface area contributed by atoms with Crippen LogP contribution < -0.4 is 0 Å². The quantitative estimate of drug-likeness (QED) is 0.326. The summed E-state index contributed by atoms with van der Waals surface area (Å²) in [5.74, 6) is -1.77. The summed E-state index contributed by atoms with van der Waals surface area (Å²) in [6.07, 6.45) is -3.95. The van der Waals surface area contributed by atoms with Crippen LogP contribution in [0.3, 0.4) is 0 Å². The highest BCUT2D eigenvalue weighted by Crippen LogP contribution is 2.22. The molecule has 4 N–H and O–H groups in total. The number of aliphatic hydroxyl groups excluding tert-OH is 3. The highest BCUT2D eigenvalue weighted by Gasteiger charge is 2.44. The third kappa shape index (κ3) is 1.52. The molecule has 0 amide bonds. The largest absolute Gasteiger partial charge is 0.388 e. The molecule has 0 aromatic heterocycles. The fraction of sp³-hybridized carbons (Fsp3) is 1.00. The number of ether oxygens (including phenoxy) is 1. The fourth-order valence-electron chi connectivity index (χ4n) is 0.965. The van der Waals surface area contributed by atoms with Crippen molar-refractivity contribution in [3.63, 3.8) is 0 Å². The van der Waals surface area contributed by atoms with Crippen LogP contribution in [0.25, 0.3) is 0 Å². The standard InChI is InChI=1S/C6H12O5/c1-6(10)5(9)4(8)3(7)2-11-6/h3-5,7-10H,2H2,1H3/t3-,4+,5-,6-/m1/s1. The summed E-state index contributed by atoms with van der Waals surface area (Å²) >= 11 is 0. The minimum absolute atomic E-state index is 0.175. The molecule has 0 saturated carbocycles. The van der Waals surface area contributed by atoms with Crippen molar-refractivity contribution in [2.24, 2.45) is 0 Å². The van der Waals surface area contributed by atoms with E-state index in [1.807, 2.05) is 0 Å². The Morgan fingerprint density at radius 1 is 1.36 bits per heavy atom. The van der Waals surface area contributed by atoms with Gasteiger partial charge in [-0.15, -0.1) is 0 Å². The van der Waals surface area contributed by atoms with Crippen LogP contribution >= 0.6 is 0 Å². The SMILES string of the molecule is C[C@@]1(O)OC[C@@H](O)[C@H](O)[C@H]1O. The summed E-state index contributed by atoms with van der Waals surface area (Å²) in [5, 5.41) is 36.3. The maximum absolute atomic E-state index is 9.19. The smallest absolute Gasteiger partial charge is 0.191 e. The summed E-state index contributed by atoms with van der Waals surface area (Å²) < 4.78 is 4.66. The van der Waals surface area contributed by atoms with Crippen LogP contribution in [-0.4, -0.2) is 51.1 Å². The Labute approximate surface area is 63.8 Å². The molecular weight excluding hydrogens is 152 g/mol. The molecule has 0 radical (unpaired) electrons. The molecule has 1 heterocycles. The normalized spacial score (nSPS) is 52.6. The van der Waals surface area contributed by atoms with Gasteiger partial charge in [-0.2, -0.15) is 0 Å². The first-order valence-corrected chi connectivity index (χ1v) is 3.35. The lowest BCUT2D eigenvalue weighted by Gasteiger charge is -2.39. The number of hydrogen-bond donors (Lipinski definition) is 4. The van der Waals surface area contributed by atoms with Gasteiger partial charge in [0.25, 0.3) is 0 Å². The second-order valence-electron chi connectivity index (χ2n) is 2.87. The molecule has 0 aromatic rings. The van der Waals surface area contributed by atoms with E-state index in [9.17, 15) is 5.11 Å². The Balaban J connectivity index is 2.67. The molecule has 0 aromatic carbocycles. The molecular formula is C6H12O5. The zero-order valence-corrected chi connectivity index (χ0v) is 6.14. The molecule has 1 fully saturated rings. The van der Waals surface area contributed by atoms with Crippen molar-refractivity contribution < 1.29 is 25.2 Å². The Hall–Kier alpha value is -0.200. The highest BCUT2D eigenvalue weighted by molar-refractivity contribution is 4.88. The third-order valence-corrected chi connectivity index (χ3v) is 1.81. The maximum Gasteiger partial charge on any atom is 0.191 e. The molecule has 5 heteroatoms. The van der Waals surface area contributed by atoms with Gasteiger partial charge in [0, 0.05) is 0 Å². The van der Waals surface area contributed by atoms with E-state index in [0.29, 0.717) is 0 Å². The third-order valence-electron chi connectivity index (χ3n) is 1.81. The Bertz CT molecular complexity index is 146. The van der Waals surface area contributed by atoms with E-state index in [2.05, 4.69) is 4.74 Å². The van der Waals surface area contributed by atoms with Gasteiger partial charge in [-0.05, 0) is 6.92 Å². The van der Waals surface area contributed by atoms with Gasteiger partial charge < -0.3 is 25.2 Å². The monoisotopic (exact) mass is 164 g/mol. The predicted octanol–water partition coefficient (Wildman–Crippen LogP) is -2.19. The summed E-state index contributed by atoms with van der Waals surface area (Å²) in [4.78, 5) is 0. The van der Waals surface area contributed by atoms with Crippen LogP contribution in [0.15, 0.2) is 0 Å². The molecule has 0 aliphatic carbocycles. The van der Waals surface area contributed by atoms with Crippen molar-refractivity contribution in [3.8, 4) is 0 Å². The number of rotatable bonds is 0. The van der Waals surface area contributed by atoms with Crippen molar-refractivity contribution in [1.82, 2.24) is 0 Å². The molecule has 0 unspecified atom stereocenters. The zero-order chi connectivity index (χ0) is 8.65. The van der Waals surface area contributed by atoms with Gasteiger partial charge in [0.15, 0.2) is 5.79 Å². The van der Waals surface area contributed by atoms with Crippen molar-refractivity contribution in [3.05, 3.63) is 0 Å².